The Labute approximate surface area is 150 Å². The summed E-state index contributed by atoms with van der Waals surface area (Å²) in [6.45, 7) is 1.96. The van der Waals surface area contributed by atoms with Crippen LogP contribution in [0.4, 0.5) is 15.9 Å². The number of aromatic nitrogens is 2. The second kappa shape index (κ2) is 7.07. The molecule has 1 N–H and O–H groups in total. The Morgan fingerprint density at radius 2 is 1.88 bits per heavy atom. The summed E-state index contributed by atoms with van der Waals surface area (Å²) in [6, 6.07) is 11.2. The molecule has 2 heterocycles. The van der Waals surface area contributed by atoms with Gasteiger partial charge in [-0.2, -0.15) is 0 Å². The average molecular weight is 350 g/mol. The first-order chi connectivity index (χ1) is 12.7. The number of piperidine rings is 1. The molecule has 1 saturated heterocycles. The highest BCUT2D eigenvalue weighted by Gasteiger charge is 2.16. The van der Waals surface area contributed by atoms with Crippen molar-refractivity contribution in [3.05, 3.63) is 60.2 Å². The number of rotatable bonds is 3. The van der Waals surface area contributed by atoms with Crippen LogP contribution < -0.4 is 10.2 Å². The van der Waals surface area contributed by atoms with E-state index in [9.17, 15) is 9.18 Å². The summed E-state index contributed by atoms with van der Waals surface area (Å²) in [5, 5.41) is 3.74. The highest BCUT2D eigenvalue weighted by molar-refractivity contribution is 6.05. The molecular weight excluding hydrogens is 331 g/mol. The topological polar surface area (TPSA) is 58.1 Å². The van der Waals surface area contributed by atoms with Gasteiger partial charge in [-0.15, -0.1) is 0 Å². The monoisotopic (exact) mass is 350 g/mol. The molecule has 1 aliphatic rings. The van der Waals surface area contributed by atoms with E-state index in [-0.39, 0.29) is 11.5 Å². The molecule has 0 bridgehead atoms. The zero-order chi connectivity index (χ0) is 17.9. The van der Waals surface area contributed by atoms with Gasteiger partial charge in [0.05, 0.1) is 5.52 Å². The first kappa shape index (κ1) is 16.4. The largest absolute Gasteiger partial charge is 0.356 e. The Hall–Kier alpha value is -3.02. The Balaban J connectivity index is 1.65. The predicted octanol–water partition coefficient (Wildman–Crippen LogP) is 4.01. The number of carbonyl (C=O) groups excluding carboxylic acids is 1. The zero-order valence-electron chi connectivity index (χ0n) is 14.3. The van der Waals surface area contributed by atoms with E-state index in [1.165, 1.54) is 24.6 Å². The van der Waals surface area contributed by atoms with Gasteiger partial charge in [0.2, 0.25) is 0 Å². The second-order valence-electron chi connectivity index (χ2n) is 6.44. The van der Waals surface area contributed by atoms with Crippen LogP contribution >= 0.6 is 0 Å². The number of hydrogen-bond acceptors (Lipinski definition) is 4. The Bertz CT molecular complexity index is 953. The van der Waals surface area contributed by atoms with E-state index in [2.05, 4.69) is 20.2 Å². The normalized spacial score (nSPS) is 14.4. The molecule has 5 nitrogen and oxygen atoms in total. The quantitative estimate of drug-likeness (QED) is 0.775. The average Bonchev–Trinajstić information content (AvgIpc) is 2.68. The van der Waals surface area contributed by atoms with Gasteiger partial charge in [0.15, 0.2) is 0 Å². The lowest BCUT2D eigenvalue weighted by Gasteiger charge is -2.28. The fraction of sp³-hybridized carbons (Fsp3) is 0.250. The summed E-state index contributed by atoms with van der Waals surface area (Å²) in [5.74, 6) is 0.119. The summed E-state index contributed by atoms with van der Waals surface area (Å²) >= 11 is 0. The lowest BCUT2D eigenvalue weighted by atomic mass is 10.1. The number of benzene rings is 2. The van der Waals surface area contributed by atoms with Crippen molar-refractivity contribution < 1.29 is 9.18 Å². The van der Waals surface area contributed by atoms with Gasteiger partial charge >= 0.3 is 0 Å². The van der Waals surface area contributed by atoms with Crippen LogP contribution in [0.1, 0.15) is 29.6 Å². The van der Waals surface area contributed by atoms with Gasteiger partial charge < -0.3 is 10.2 Å². The molecule has 1 fully saturated rings. The second-order valence-corrected chi connectivity index (χ2v) is 6.44. The number of nitrogens with one attached hydrogen (secondary N) is 1. The first-order valence-electron chi connectivity index (χ1n) is 8.77. The SMILES string of the molecule is O=C(Nc1ccc2ncnc(N3CCCCC3)c2c1)c1cccc(F)c1. The molecule has 0 spiro atoms. The van der Waals surface area contributed by atoms with Gasteiger partial charge in [0.25, 0.3) is 5.91 Å². The number of amides is 1. The summed E-state index contributed by atoms with van der Waals surface area (Å²) in [4.78, 5) is 23.4. The predicted molar refractivity (Wildman–Crippen MR) is 100.0 cm³/mol. The molecule has 1 aliphatic heterocycles. The number of nitrogens with zero attached hydrogens (tertiary/aromatic N) is 3. The van der Waals surface area contributed by atoms with Crippen molar-refractivity contribution in [2.45, 2.75) is 19.3 Å². The van der Waals surface area contributed by atoms with Crippen LogP contribution in [0.25, 0.3) is 10.9 Å². The maximum absolute atomic E-state index is 13.3. The fourth-order valence-corrected chi connectivity index (χ4v) is 3.31. The number of hydrogen-bond donors (Lipinski definition) is 1. The maximum atomic E-state index is 13.3. The van der Waals surface area contributed by atoms with Crippen molar-refractivity contribution in [3.63, 3.8) is 0 Å². The van der Waals surface area contributed by atoms with Gasteiger partial charge in [-0.1, -0.05) is 6.07 Å². The molecule has 2 aromatic carbocycles. The van der Waals surface area contributed by atoms with Crippen molar-refractivity contribution in [2.75, 3.05) is 23.3 Å². The molecule has 1 aromatic heterocycles. The molecule has 0 saturated carbocycles. The number of anilines is 2. The Kier molecular flexibility index (Phi) is 4.48. The van der Waals surface area contributed by atoms with Crippen LogP contribution in [0.15, 0.2) is 48.8 Å². The fourth-order valence-electron chi connectivity index (χ4n) is 3.31. The van der Waals surface area contributed by atoms with E-state index in [1.807, 2.05) is 12.1 Å². The zero-order valence-corrected chi connectivity index (χ0v) is 14.3. The van der Waals surface area contributed by atoms with E-state index in [0.29, 0.717) is 5.69 Å². The molecule has 4 rings (SSSR count). The summed E-state index contributed by atoms with van der Waals surface area (Å²) in [5.41, 5.74) is 1.76. The molecule has 1 amide bonds. The van der Waals surface area contributed by atoms with Crippen LogP contribution in [0.3, 0.4) is 0 Å². The molecular formula is C20H19FN4O. The van der Waals surface area contributed by atoms with Crippen LogP contribution in [0.5, 0.6) is 0 Å². The van der Waals surface area contributed by atoms with Gasteiger partial charge in [0.1, 0.15) is 18.0 Å². The maximum Gasteiger partial charge on any atom is 0.255 e. The van der Waals surface area contributed by atoms with Gasteiger partial charge in [-0.05, 0) is 55.7 Å². The standard InChI is InChI=1S/C20H19FN4O/c21-15-6-4-5-14(11-15)20(26)24-16-7-8-18-17(12-16)19(23-13-22-18)25-9-2-1-3-10-25/h4-8,11-13H,1-3,9-10H2,(H,24,26). The molecule has 0 radical (unpaired) electrons. The van der Waals surface area contributed by atoms with Crippen molar-refractivity contribution in [2.24, 2.45) is 0 Å². The minimum Gasteiger partial charge on any atom is -0.356 e. The number of carbonyl (C=O) groups is 1. The molecule has 3 aromatic rings. The smallest absolute Gasteiger partial charge is 0.255 e. The van der Waals surface area contributed by atoms with Crippen molar-refractivity contribution in [1.29, 1.82) is 0 Å². The van der Waals surface area contributed by atoms with Crippen molar-refractivity contribution in [3.8, 4) is 0 Å². The van der Waals surface area contributed by atoms with E-state index in [4.69, 9.17) is 0 Å². The van der Waals surface area contributed by atoms with Gasteiger partial charge in [0, 0.05) is 29.7 Å². The molecule has 0 atom stereocenters. The summed E-state index contributed by atoms with van der Waals surface area (Å²) in [6.07, 6.45) is 5.13. The molecule has 0 aliphatic carbocycles. The van der Waals surface area contributed by atoms with Crippen LogP contribution in [0, 0.1) is 5.82 Å². The molecule has 26 heavy (non-hydrogen) atoms. The van der Waals surface area contributed by atoms with Crippen molar-refractivity contribution in [1.82, 2.24) is 9.97 Å². The Morgan fingerprint density at radius 3 is 2.69 bits per heavy atom. The molecule has 6 heteroatoms. The Morgan fingerprint density at radius 1 is 1.04 bits per heavy atom. The van der Waals surface area contributed by atoms with Crippen LogP contribution in [-0.2, 0) is 0 Å². The minimum atomic E-state index is -0.433. The van der Waals surface area contributed by atoms with E-state index < -0.39 is 5.82 Å². The van der Waals surface area contributed by atoms with Gasteiger partial charge in [-0.25, -0.2) is 14.4 Å². The lowest BCUT2D eigenvalue weighted by Crippen LogP contribution is -2.30. The van der Waals surface area contributed by atoms with Crippen molar-refractivity contribution >= 4 is 28.3 Å². The third-order valence-electron chi connectivity index (χ3n) is 4.61. The van der Waals surface area contributed by atoms with E-state index >= 15 is 0 Å². The first-order valence-corrected chi connectivity index (χ1v) is 8.77. The van der Waals surface area contributed by atoms with Crippen LogP contribution in [-0.4, -0.2) is 29.0 Å². The van der Waals surface area contributed by atoms with E-state index in [0.717, 1.165) is 42.7 Å². The van der Waals surface area contributed by atoms with Crippen LogP contribution in [0.2, 0.25) is 0 Å². The number of fused-ring (bicyclic) bond motifs is 1. The molecule has 132 valence electrons. The summed E-state index contributed by atoms with van der Waals surface area (Å²) in [7, 11) is 0. The lowest BCUT2D eigenvalue weighted by molar-refractivity contribution is 0.102. The number of halogens is 1. The third-order valence-corrected chi connectivity index (χ3v) is 4.61. The van der Waals surface area contributed by atoms with Gasteiger partial charge in [-0.3, -0.25) is 4.79 Å². The van der Waals surface area contributed by atoms with E-state index in [1.54, 1.807) is 18.5 Å². The third kappa shape index (κ3) is 3.35. The summed E-state index contributed by atoms with van der Waals surface area (Å²) < 4.78 is 13.3. The highest BCUT2D eigenvalue weighted by atomic mass is 19.1. The highest BCUT2D eigenvalue weighted by Crippen LogP contribution is 2.28. The molecule has 0 unspecified atom stereocenters. The minimum absolute atomic E-state index is 0.283.